The summed E-state index contributed by atoms with van der Waals surface area (Å²) in [6.07, 6.45) is -4.44. The number of methoxy groups -OCH3 is 1. The fraction of sp³-hybridized carbons (Fsp3) is 0.462. The normalized spacial score (nSPS) is 11.8. The van der Waals surface area contributed by atoms with Crippen LogP contribution in [0.3, 0.4) is 0 Å². The highest BCUT2D eigenvalue weighted by molar-refractivity contribution is 6.32. The van der Waals surface area contributed by atoms with E-state index in [0.29, 0.717) is 5.75 Å². The van der Waals surface area contributed by atoms with Crippen LogP contribution in [0.25, 0.3) is 0 Å². The van der Waals surface area contributed by atoms with Crippen molar-refractivity contribution in [2.45, 2.75) is 6.18 Å². The third-order valence-electron chi connectivity index (χ3n) is 2.66. The number of ketones is 1. The molecule has 0 saturated heterocycles. The van der Waals surface area contributed by atoms with Gasteiger partial charge >= 0.3 is 6.18 Å². The maximum Gasteiger partial charge on any atom is 0.401 e. The largest absolute Gasteiger partial charge is 0.495 e. The van der Waals surface area contributed by atoms with Gasteiger partial charge in [-0.1, -0.05) is 11.6 Å². The Bertz CT molecular complexity index is 494. The van der Waals surface area contributed by atoms with Crippen molar-refractivity contribution in [2.24, 2.45) is 0 Å². The molecule has 0 aliphatic heterocycles. The van der Waals surface area contributed by atoms with Gasteiger partial charge in [-0.3, -0.25) is 9.69 Å². The number of rotatable bonds is 7. The third kappa shape index (κ3) is 5.91. The molecule has 0 radical (unpaired) electrons. The van der Waals surface area contributed by atoms with Crippen molar-refractivity contribution in [1.82, 2.24) is 4.90 Å². The number of alkyl halides is 3. The predicted octanol–water partition coefficient (Wildman–Crippen LogP) is 2.39. The minimum atomic E-state index is -4.44. The van der Waals surface area contributed by atoms with Crippen LogP contribution in [-0.4, -0.2) is 55.3 Å². The summed E-state index contributed by atoms with van der Waals surface area (Å²) in [6, 6.07) is 4.24. The Morgan fingerprint density at radius 1 is 1.43 bits per heavy atom. The zero-order valence-electron chi connectivity index (χ0n) is 11.3. The van der Waals surface area contributed by atoms with Crippen LogP contribution in [0, 0.1) is 0 Å². The maximum atomic E-state index is 12.4. The van der Waals surface area contributed by atoms with Crippen molar-refractivity contribution >= 4 is 17.4 Å². The Hall–Kier alpha value is -1.31. The van der Waals surface area contributed by atoms with Gasteiger partial charge in [0.25, 0.3) is 0 Å². The summed E-state index contributed by atoms with van der Waals surface area (Å²) in [6.45, 7) is -2.42. The van der Waals surface area contributed by atoms with Crippen LogP contribution in [0.4, 0.5) is 13.2 Å². The van der Waals surface area contributed by atoms with Crippen LogP contribution >= 0.6 is 11.6 Å². The van der Waals surface area contributed by atoms with E-state index in [2.05, 4.69) is 0 Å². The fourth-order valence-corrected chi connectivity index (χ4v) is 2.00. The lowest BCUT2D eigenvalue weighted by Crippen LogP contribution is -2.39. The molecule has 0 fully saturated rings. The van der Waals surface area contributed by atoms with Crippen molar-refractivity contribution in [3.8, 4) is 5.75 Å². The molecular weight excluding hydrogens is 311 g/mol. The first-order valence-electron chi connectivity index (χ1n) is 6.03. The first-order valence-corrected chi connectivity index (χ1v) is 6.41. The number of ether oxygens (including phenoxy) is 1. The summed E-state index contributed by atoms with van der Waals surface area (Å²) in [5, 5.41) is 8.97. The zero-order chi connectivity index (χ0) is 16.0. The number of aliphatic hydroxyl groups is 1. The smallest absolute Gasteiger partial charge is 0.401 e. The molecule has 1 aromatic carbocycles. The number of hydrogen-bond donors (Lipinski definition) is 1. The number of carbonyl (C=O) groups excluding carboxylic acids is 1. The third-order valence-corrected chi connectivity index (χ3v) is 2.96. The second-order valence-electron chi connectivity index (χ2n) is 4.32. The minimum Gasteiger partial charge on any atom is -0.495 e. The molecule has 8 heteroatoms. The molecule has 0 aromatic heterocycles. The van der Waals surface area contributed by atoms with E-state index < -0.39 is 31.7 Å². The quantitative estimate of drug-likeness (QED) is 0.782. The topological polar surface area (TPSA) is 49.8 Å². The van der Waals surface area contributed by atoms with Gasteiger partial charge in [-0.2, -0.15) is 13.2 Å². The molecule has 0 saturated carbocycles. The van der Waals surface area contributed by atoms with E-state index in [-0.39, 0.29) is 17.1 Å². The average Bonchev–Trinajstić information content (AvgIpc) is 2.36. The molecule has 4 nitrogen and oxygen atoms in total. The molecule has 118 valence electrons. The minimum absolute atomic E-state index is 0.186. The van der Waals surface area contributed by atoms with E-state index in [1.807, 2.05) is 0 Å². The first kappa shape index (κ1) is 17.7. The van der Waals surface area contributed by atoms with Gasteiger partial charge < -0.3 is 9.84 Å². The maximum absolute atomic E-state index is 12.4. The first-order chi connectivity index (χ1) is 9.76. The Morgan fingerprint density at radius 2 is 2.10 bits per heavy atom. The monoisotopic (exact) mass is 325 g/mol. The van der Waals surface area contributed by atoms with Crippen LogP contribution in [0.2, 0.25) is 5.02 Å². The van der Waals surface area contributed by atoms with Gasteiger partial charge in [0.05, 0.1) is 31.8 Å². The second-order valence-corrected chi connectivity index (χ2v) is 4.73. The second kappa shape index (κ2) is 7.63. The van der Waals surface area contributed by atoms with Gasteiger partial charge in [0.15, 0.2) is 5.78 Å². The molecule has 0 aliphatic rings. The van der Waals surface area contributed by atoms with E-state index in [9.17, 15) is 18.0 Å². The Labute approximate surface area is 125 Å². The molecule has 0 atom stereocenters. The highest BCUT2D eigenvalue weighted by Gasteiger charge is 2.31. The summed E-state index contributed by atoms with van der Waals surface area (Å²) in [4.78, 5) is 12.8. The number of hydrogen-bond acceptors (Lipinski definition) is 4. The molecule has 1 aromatic rings. The van der Waals surface area contributed by atoms with Gasteiger partial charge in [-0.25, -0.2) is 0 Å². The van der Waals surface area contributed by atoms with Crippen LogP contribution in [0.1, 0.15) is 10.4 Å². The average molecular weight is 326 g/mol. The summed E-state index contributed by atoms with van der Waals surface area (Å²) >= 11 is 5.87. The molecular formula is C13H15ClF3NO3. The molecule has 0 bridgehead atoms. The lowest BCUT2D eigenvalue weighted by Gasteiger charge is -2.21. The number of aliphatic hydroxyl groups excluding tert-OH is 1. The van der Waals surface area contributed by atoms with Crippen molar-refractivity contribution in [3.05, 3.63) is 28.8 Å². The molecule has 0 heterocycles. The standard InChI is InChI=1S/C13H15ClF3NO3/c1-21-12-3-2-9(6-10(12)14)11(20)7-18(4-5-19)8-13(15,16)17/h2-3,6,19H,4-5,7-8H2,1H3. The SMILES string of the molecule is COc1ccc(C(=O)CN(CCO)CC(F)(F)F)cc1Cl. The van der Waals surface area contributed by atoms with Crippen molar-refractivity contribution in [3.63, 3.8) is 0 Å². The van der Waals surface area contributed by atoms with E-state index in [4.69, 9.17) is 21.4 Å². The Balaban J connectivity index is 2.79. The molecule has 1 N–H and O–H groups in total. The zero-order valence-corrected chi connectivity index (χ0v) is 12.0. The lowest BCUT2D eigenvalue weighted by atomic mass is 10.1. The van der Waals surface area contributed by atoms with E-state index >= 15 is 0 Å². The number of carbonyl (C=O) groups is 1. The summed E-state index contributed by atoms with van der Waals surface area (Å²) in [5.74, 6) is -0.145. The van der Waals surface area contributed by atoms with Crippen molar-refractivity contribution < 1.29 is 27.8 Å². The highest BCUT2D eigenvalue weighted by Crippen LogP contribution is 2.25. The lowest BCUT2D eigenvalue weighted by molar-refractivity contribution is -0.145. The van der Waals surface area contributed by atoms with E-state index in [1.165, 1.54) is 25.3 Å². The molecule has 21 heavy (non-hydrogen) atoms. The highest BCUT2D eigenvalue weighted by atomic mass is 35.5. The van der Waals surface area contributed by atoms with Crippen LogP contribution in [-0.2, 0) is 0 Å². The molecule has 0 aliphatic carbocycles. The molecule has 1 rings (SSSR count). The van der Waals surface area contributed by atoms with Gasteiger partial charge in [0.2, 0.25) is 0 Å². The Morgan fingerprint density at radius 3 is 2.57 bits per heavy atom. The Kier molecular flexibility index (Phi) is 6.44. The van der Waals surface area contributed by atoms with Gasteiger partial charge in [0, 0.05) is 12.1 Å². The van der Waals surface area contributed by atoms with Crippen molar-refractivity contribution in [1.29, 1.82) is 0 Å². The van der Waals surface area contributed by atoms with E-state index in [0.717, 1.165) is 4.90 Å². The number of halogens is 4. The van der Waals surface area contributed by atoms with Gasteiger partial charge in [-0.05, 0) is 18.2 Å². The molecule has 0 spiro atoms. The predicted molar refractivity (Wildman–Crippen MR) is 71.9 cm³/mol. The number of benzene rings is 1. The molecule has 0 unspecified atom stereocenters. The van der Waals surface area contributed by atoms with Crippen LogP contribution in [0.5, 0.6) is 5.75 Å². The van der Waals surface area contributed by atoms with E-state index in [1.54, 1.807) is 0 Å². The van der Waals surface area contributed by atoms with Crippen molar-refractivity contribution in [2.75, 3.05) is 33.4 Å². The summed E-state index contributed by atoms with van der Waals surface area (Å²) in [5.41, 5.74) is 0.186. The van der Waals surface area contributed by atoms with Gasteiger partial charge in [-0.15, -0.1) is 0 Å². The molecule has 0 amide bonds. The fourth-order valence-electron chi connectivity index (χ4n) is 1.74. The van der Waals surface area contributed by atoms with Crippen LogP contribution in [0.15, 0.2) is 18.2 Å². The summed E-state index contributed by atoms with van der Waals surface area (Å²) < 4.78 is 42.0. The number of Topliss-reactive ketones (excluding diaryl/α,β-unsaturated/α-hetero) is 1. The summed E-state index contributed by atoms with van der Waals surface area (Å²) in [7, 11) is 1.41. The van der Waals surface area contributed by atoms with Gasteiger partial charge in [0.1, 0.15) is 5.75 Å². The van der Waals surface area contributed by atoms with Crippen LogP contribution < -0.4 is 4.74 Å². The number of nitrogens with zero attached hydrogens (tertiary/aromatic N) is 1.